The second-order valence-electron chi connectivity index (χ2n) is 6.88. The summed E-state index contributed by atoms with van der Waals surface area (Å²) in [6.07, 6.45) is 5.40. The number of benzene rings is 1. The smallest absolute Gasteiger partial charge is 0.257 e. The molecule has 8 heteroatoms. The number of rotatable bonds is 6. The highest BCUT2D eigenvalue weighted by atomic mass is 32.2. The number of anilines is 2. The number of piperidine rings is 1. The van der Waals surface area contributed by atoms with Gasteiger partial charge in [0, 0.05) is 25.2 Å². The third-order valence-electron chi connectivity index (χ3n) is 4.81. The molecule has 0 atom stereocenters. The summed E-state index contributed by atoms with van der Waals surface area (Å²) in [6, 6.07) is 8.25. The molecule has 1 aromatic carbocycles. The molecule has 1 aliphatic rings. The first-order chi connectivity index (χ1) is 13.4. The number of sulfonamides is 1. The molecule has 1 amide bonds. The molecule has 150 valence electrons. The van der Waals surface area contributed by atoms with Crippen LogP contribution in [-0.4, -0.2) is 38.9 Å². The van der Waals surface area contributed by atoms with Gasteiger partial charge in [0.15, 0.2) is 0 Å². The first-order valence-corrected chi connectivity index (χ1v) is 11.0. The van der Waals surface area contributed by atoms with E-state index in [-0.39, 0.29) is 17.3 Å². The van der Waals surface area contributed by atoms with Crippen molar-refractivity contribution in [3.8, 4) is 0 Å². The normalized spacial score (nSPS) is 14.7. The van der Waals surface area contributed by atoms with E-state index >= 15 is 0 Å². The van der Waals surface area contributed by atoms with Crippen LogP contribution in [0.4, 0.5) is 11.5 Å². The number of hydrogen-bond acceptors (Lipinski definition) is 5. The Labute approximate surface area is 166 Å². The van der Waals surface area contributed by atoms with E-state index < -0.39 is 10.0 Å². The van der Waals surface area contributed by atoms with Gasteiger partial charge in [-0.05, 0) is 56.0 Å². The summed E-state index contributed by atoms with van der Waals surface area (Å²) < 4.78 is 26.8. The average molecular weight is 403 g/mol. The van der Waals surface area contributed by atoms with E-state index in [2.05, 4.69) is 19.9 Å². The first kappa shape index (κ1) is 20.3. The van der Waals surface area contributed by atoms with Crippen molar-refractivity contribution in [1.29, 1.82) is 0 Å². The van der Waals surface area contributed by atoms with Gasteiger partial charge >= 0.3 is 0 Å². The van der Waals surface area contributed by atoms with Crippen LogP contribution in [0.1, 0.15) is 42.1 Å². The Morgan fingerprint density at radius 1 is 1.14 bits per heavy atom. The summed E-state index contributed by atoms with van der Waals surface area (Å²) in [5.74, 6) is 0.0503. The van der Waals surface area contributed by atoms with Crippen molar-refractivity contribution in [3.05, 3.63) is 47.7 Å². The summed E-state index contributed by atoms with van der Waals surface area (Å²) in [6.45, 7) is 5.81. The lowest BCUT2D eigenvalue weighted by Gasteiger charge is -2.28. The van der Waals surface area contributed by atoms with E-state index in [1.807, 2.05) is 6.07 Å². The van der Waals surface area contributed by atoms with Crippen LogP contribution in [0.2, 0.25) is 0 Å². The SMILES string of the molecule is CCNS(=O)(=O)c1ccc(C)c(C(=O)Nc2ccc(N3CCCCC3)cn2)c1. The number of hydrogen-bond donors (Lipinski definition) is 2. The standard InChI is InChI=1S/C20H26N4O3S/c1-3-22-28(26,27)17-9-7-15(2)18(13-17)20(25)23-19-10-8-16(14-21-19)24-11-5-4-6-12-24/h7-10,13-14,22H,3-6,11-12H2,1-2H3,(H,21,23,25). The fourth-order valence-electron chi connectivity index (χ4n) is 3.27. The van der Waals surface area contributed by atoms with Gasteiger partial charge in [0.2, 0.25) is 10.0 Å². The molecule has 7 nitrogen and oxygen atoms in total. The van der Waals surface area contributed by atoms with Gasteiger partial charge in [-0.2, -0.15) is 0 Å². The fraction of sp³-hybridized carbons (Fsp3) is 0.400. The molecule has 2 aromatic rings. The van der Waals surface area contributed by atoms with Crippen LogP contribution >= 0.6 is 0 Å². The summed E-state index contributed by atoms with van der Waals surface area (Å²) >= 11 is 0. The molecular weight excluding hydrogens is 376 g/mol. The van der Waals surface area contributed by atoms with E-state index in [0.29, 0.717) is 16.9 Å². The Kier molecular flexibility index (Phi) is 6.31. The van der Waals surface area contributed by atoms with Crippen molar-refractivity contribution in [2.75, 3.05) is 29.9 Å². The molecule has 1 aliphatic heterocycles. The lowest BCUT2D eigenvalue weighted by Crippen LogP contribution is -2.29. The number of amides is 1. The Morgan fingerprint density at radius 2 is 1.89 bits per heavy atom. The highest BCUT2D eigenvalue weighted by molar-refractivity contribution is 7.89. The van der Waals surface area contributed by atoms with Gasteiger partial charge < -0.3 is 10.2 Å². The Morgan fingerprint density at radius 3 is 2.54 bits per heavy atom. The van der Waals surface area contributed by atoms with E-state index in [4.69, 9.17) is 0 Å². The maximum Gasteiger partial charge on any atom is 0.257 e. The van der Waals surface area contributed by atoms with Crippen molar-refractivity contribution in [2.45, 2.75) is 38.0 Å². The molecule has 1 aromatic heterocycles. The van der Waals surface area contributed by atoms with E-state index in [1.54, 1.807) is 32.2 Å². The topological polar surface area (TPSA) is 91.4 Å². The van der Waals surface area contributed by atoms with Crippen molar-refractivity contribution in [3.63, 3.8) is 0 Å². The minimum atomic E-state index is -3.63. The minimum absolute atomic E-state index is 0.0681. The highest BCUT2D eigenvalue weighted by Crippen LogP contribution is 2.21. The molecule has 0 unspecified atom stereocenters. The van der Waals surface area contributed by atoms with E-state index in [9.17, 15) is 13.2 Å². The summed E-state index contributed by atoms with van der Waals surface area (Å²) in [5, 5.41) is 2.76. The van der Waals surface area contributed by atoms with Crippen molar-refractivity contribution < 1.29 is 13.2 Å². The number of nitrogens with zero attached hydrogens (tertiary/aromatic N) is 2. The Bertz CT molecular complexity index is 936. The zero-order chi connectivity index (χ0) is 20.1. The van der Waals surface area contributed by atoms with E-state index in [1.165, 1.54) is 31.4 Å². The molecule has 0 bridgehead atoms. The Balaban J connectivity index is 1.75. The number of carbonyl (C=O) groups is 1. The van der Waals surface area contributed by atoms with Crippen molar-refractivity contribution in [1.82, 2.24) is 9.71 Å². The number of pyridine rings is 1. The van der Waals surface area contributed by atoms with Gasteiger partial charge in [0.05, 0.1) is 16.8 Å². The zero-order valence-corrected chi connectivity index (χ0v) is 17.1. The van der Waals surface area contributed by atoms with Gasteiger partial charge in [-0.3, -0.25) is 4.79 Å². The third kappa shape index (κ3) is 4.69. The molecule has 0 aliphatic carbocycles. The highest BCUT2D eigenvalue weighted by Gasteiger charge is 2.18. The molecule has 28 heavy (non-hydrogen) atoms. The largest absolute Gasteiger partial charge is 0.370 e. The zero-order valence-electron chi connectivity index (χ0n) is 16.2. The lowest BCUT2D eigenvalue weighted by molar-refractivity contribution is 0.102. The maximum atomic E-state index is 12.7. The van der Waals surface area contributed by atoms with Gasteiger partial charge in [-0.1, -0.05) is 13.0 Å². The van der Waals surface area contributed by atoms with Crippen LogP contribution in [0.5, 0.6) is 0 Å². The van der Waals surface area contributed by atoms with Crippen LogP contribution in [-0.2, 0) is 10.0 Å². The molecule has 2 heterocycles. The average Bonchev–Trinajstić information content (AvgIpc) is 2.69. The maximum absolute atomic E-state index is 12.7. The number of nitrogens with one attached hydrogen (secondary N) is 2. The Hall–Kier alpha value is -2.45. The van der Waals surface area contributed by atoms with Gasteiger partial charge in [-0.25, -0.2) is 18.1 Å². The quantitative estimate of drug-likeness (QED) is 0.775. The number of carbonyl (C=O) groups excluding carboxylic acids is 1. The van der Waals surface area contributed by atoms with Crippen molar-refractivity contribution in [2.24, 2.45) is 0 Å². The summed E-state index contributed by atoms with van der Waals surface area (Å²) in [7, 11) is -3.63. The molecule has 0 radical (unpaired) electrons. The number of aryl methyl sites for hydroxylation is 1. The summed E-state index contributed by atoms with van der Waals surface area (Å²) in [5.41, 5.74) is 2.05. The minimum Gasteiger partial charge on any atom is -0.370 e. The molecular formula is C20H26N4O3S. The van der Waals surface area contributed by atoms with Crippen LogP contribution in [0, 0.1) is 6.92 Å². The summed E-state index contributed by atoms with van der Waals surface area (Å²) in [4.78, 5) is 19.4. The van der Waals surface area contributed by atoms with Crippen LogP contribution in [0.25, 0.3) is 0 Å². The predicted octanol–water partition coefficient (Wildman–Crippen LogP) is 2.93. The second-order valence-corrected chi connectivity index (χ2v) is 8.65. The van der Waals surface area contributed by atoms with E-state index in [0.717, 1.165) is 18.8 Å². The van der Waals surface area contributed by atoms with Crippen LogP contribution in [0.3, 0.4) is 0 Å². The first-order valence-electron chi connectivity index (χ1n) is 9.53. The monoisotopic (exact) mass is 402 g/mol. The third-order valence-corrected chi connectivity index (χ3v) is 6.35. The lowest BCUT2D eigenvalue weighted by atomic mass is 10.1. The molecule has 3 rings (SSSR count). The van der Waals surface area contributed by atoms with Gasteiger partial charge in [0.1, 0.15) is 5.82 Å². The molecule has 1 saturated heterocycles. The second kappa shape index (κ2) is 8.70. The molecule has 0 saturated carbocycles. The number of aromatic nitrogens is 1. The predicted molar refractivity (Wildman–Crippen MR) is 110 cm³/mol. The van der Waals surface area contributed by atoms with Crippen LogP contribution < -0.4 is 14.9 Å². The van der Waals surface area contributed by atoms with Gasteiger partial charge in [-0.15, -0.1) is 0 Å². The molecule has 1 fully saturated rings. The molecule has 0 spiro atoms. The van der Waals surface area contributed by atoms with Crippen molar-refractivity contribution >= 4 is 27.4 Å². The van der Waals surface area contributed by atoms with Gasteiger partial charge in [0.25, 0.3) is 5.91 Å². The van der Waals surface area contributed by atoms with Crippen LogP contribution in [0.15, 0.2) is 41.4 Å². The fourth-order valence-corrected chi connectivity index (χ4v) is 4.34. The molecule has 2 N–H and O–H groups in total.